The van der Waals surface area contributed by atoms with E-state index < -0.39 is 15.7 Å². The summed E-state index contributed by atoms with van der Waals surface area (Å²) in [5.74, 6) is 0.0572. The molecule has 27 heavy (non-hydrogen) atoms. The Hall–Kier alpha value is -1.67. The molecule has 0 aliphatic heterocycles. The monoisotopic (exact) mass is 399 g/mol. The average molecular weight is 400 g/mol. The summed E-state index contributed by atoms with van der Waals surface area (Å²) >= 11 is 0. The van der Waals surface area contributed by atoms with Crippen LogP contribution in [-0.2, 0) is 26.9 Å². The number of nitrogens with one attached hydrogen (secondary N) is 2. The van der Waals surface area contributed by atoms with Crippen molar-refractivity contribution in [3.63, 3.8) is 0 Å². The first-order valence-corrected chi connectivity index (χ1v) is 11.0. The molecule has 2 atom stereocenters. The summed E-state index contributed by atoms with van der Waals surface area (Å²) in [4.78, 5) is 4.23. The fourth-order valence-electron chi connectivity index (χ4n) is 3.44. The van der Waals surface area contributed by atoms with E-state index in [0.29, 0.717) is 17.1 Å². The van der Waals surface area contributed by atoms with Crippen LogP contribution in [0.4, 0.5) is 4.39 Å². The molecule has 152 valence electrons. The molecular weight excluding hydrogens is 369 g/mol. The SMILES string of the molecule is CN=C(NCc1cc(F)ccc1CS(C)(=O)=O)NC1CC(C)(OC)C1(C)C. The van der Waals surface area contributed by atoms with Gasteiger partial charge in [-0.15, -0.1) is 0 Å². The number of rotatable bonds is 6. The molecule has 0 amide bonds. The molecule has 1 saturated carbocycles. The van der Waals surface area contributed by atoms with Crippen LogP contribution in [0.25, 0.3) is 0 Å². The Morgan fingerprint density at radius 3 is 2.52 bits per heavy atom. The van der Waals surface area contributed by atoms with E-state index in [0.717, 1.165) is 6.42 Å². The van der Waals surface area contributed by atoms with E-state index in [9.17, 15) is 12.8 Å². The summed E-state index contributed by atoms with van der Waals surface area (Å²) in [6, 6.07) is 4.33. The predicted molar refractivity (Wildman–Crippen MR) is 106 cm³/mol. The molecule has 6 nitrogen and oxygen atoms in total. The number of halogens is 1. The number of methoxy groups -OCH3 is 1. The number of guanidine groups is 1. The van der Waals surface area contributed by atoms with Crippen LogP contribution in [0.15, 0.2) is 23.2 Å². The van der Waals surface area contributed by atoms with E-state index in [4.69, 9.17) is 4.74 Å². The highest BCUT2D eigenvalue weighted by Gasteiger charge is 2.58. The lowest BCUT2D eigenvalue weighted by Crippen LogP contribution is -2.69. The molecule has 0 heterocycles. The molecular formula is C19H30FN3O3S. The zero-order valence-electron chi connectivity index (χ0n) is 16.9. The molecule has 1 fully saturated rings. The summed E-state index contributed by atoms with van der Waals surface area (Å²) in [7, 11) is 0.175. The van der Waals surface area contributed by atoms with Crippen molar-refractivity contribution in [2.24, 2.45) is 10.4 Å². The van der Waals surface area contributed by atoms with Crippen LogP contribution in [0.3, 0.4) is 0 Å². The van der Waals surface area contributed by atoms with Crippen LogP contribution in [0.5, 0.6) is 0 Å². The zero-order valence-corrected chi connectivity index (χ0v) is 17.7. The van der Waals surface area contributed by atoms with E-state index in [1.165, 1.54) is 24.5 Å². The molecule has 2 unspecified atom stereocenters. The highest BCUT2D eigenvalue weighted by atomic mass is 32.2. The number of ether oxygens (including phenoxy) is 1. The smallest absolute Gasteiger partial charge is 0.191 e. The van der Waals surface area contributed by atoms with Crippen LogP contribution in [0, 0.1) is 11.2 Å². The Morgan fingerprint density at radius 1 is 1.33 bits per heavy atom. The van der Waals surface area contributed by atoms with Crippen LogP contribution in [-0.4, -0.2) is 46.4 Å². The van der Waals surface area contributed by atoms with Gasteiger partial charge in [0.15, 0.2) is 15.8 Å². The van der Waals surface area contributed by atoms with Crippen LogP contribution >= 0.6 is 0 Å². The van der Waals surface area contributed by atoms with Crippen molar-refractivity contribution < 1.29 is 17.5 Å². The van der Waals surface area contributed by atoms with Gasteiger partial charge in [0.2, 0.25) is 0 Å². The number of hydrogen-bond acceptors (Lipinski definition) is 4. The van der Waals surface area contributed by atoms with Gasteiger partial charge in [-0.05, 0) is 36.6 Å². The summed E-state index contributed by atoms with van der Waals surface area (Å²) in [5.41, 5.74) is 0.893. The van der Waals surface area contributed by atoms with Crippen molar-refractivity contribution in [2.75, 3.05) is 20.4 Å². The molecule has 1 aromatic rings. The highest BCUT2D eigenvalue weighted by molar-refractivity contribution is 7.89. The van der Waals surface area contributed by atoms with Crippen LogP contribution in [0.2, 0.25) is 0 Å². The summed E-state index contributed by atoms with van der Waals surface area (Å²) < 4.78 is 42.5. The van der Waals surface area contributed by atoms with Crippen molar-refractivity contribution in [3.8, 4) is 0 Å². The first-order valence-electron chi connectivity index (χ1n) is 8.89. The molecule has 2 N–H and O–H groups in total. The summed E-state index contributed by atoms with van der Waals surface area (Å²) in [6.07, 6.45) is 2.01. The number of aliphatic imine (C=N–C) groups is 1. The first kappa shape index (κ1) is 21.6. The third-order valence-electron chi connectivity index (χ3n) is 5.85. The van der Waals surface area contributed by atoms with Gasteiger partial charge in [0.05, 0.1) is 11.4 Å². The summed E-state index contributed by atoms with van der Waals surface area (Å²) in [6.45, 7) is 6.64. The molecule has 0 bridgehead atoms. The second-order valence-electron chi connectivity index (χ2n) is 7.97. The minimum atomic E-state index is -3.21. The van der Waals surface area contributed by atoms with Crippen molar-refractivity contribution in [1.82, 2.24) is 10.6 Å². The van der Waals surface area contributed by atoms with Gasteiger partial charge in [0.1, 0.15) is 5.82 Å². The van der Waals surface area contributed by atoms with Gasteiger partial charge in [-0.2, -0.15) is 0 Å². The molecule has 0 radical (unpaired) electrons. The van der Waals surface area contributed by atoms with Gasteiger partial charge in [-0.1, -0.05) is 19.9 Å². The normalized spacial score (nSPS) is 25.0. The molecule has 1 aliphatic carbocycles. The second kappa shape index (κ2) is 7.75. The van der Waals surface area contributed by atoms with Crippen molar-refractivity contribution in [2.45, 2.75) is 51.1 Å². The molecule has 1 aliphatic rings. The lowest BCUT2D eigenvalue weighted by molar-refractivity contribution is -0.176. The molecule has 1 aromatic carbocycles. The van der Waals surface area contributed by atoms with Gasteiger partial charge in [0, 0.05) is 38.4 Å². The lowest BCUT2D eigenvalue weighted by atomic mass is 9.56. The van der Waals surface area contributed by atoms with Crippen molar-refractivity contribution in [3.05, 3.63) is 35.1 Å². The second-order valence-corrected chi connectivity index (χ2v) is 10.1. The van der Waals surface area contributed by atoms with Gasteiger partial charge in [-0.25, -0.2) is 12.8 Å². The Bertz CT molecular complexity index is 823. The van der Waals surface area contributed by atoms with E-state index in [2.05, 4.69) is 36.4 Å². The largest absolute Gasteiger partial charge is 0.378 e. The average Bonchev–Trinajstić information content (AvgIpc) is 2.58. The van der Waals surface area contributed by atoms with Gasteiger partial charge in [0.25, 0.3) is 0 Å². The molecule has 2 rings (SSSR count). The predicted octanol–water partition coefficient (Wildman–Crippen LogP) is 2.24. The van der Waals surface area contributed by atoms with E-state index in [1.54, 1.807) is 14.2 Å². The standard InChI is InChI=1S/C19H30FN3O3S/c1-18(2)16(10-19(18,3)26-5)23-17(21-4)22-11-14-9-15(20)8-7-13(14)12-27(6,24)25/h7-9,16H,10-12H2,1-6H3,(H2,21,22,23). The van der Waals surface area contributed by atoms with Crippen molar-refractivity contribution in [1.29, 1.82) is 0 Å². The minimum absolute atomic E-state index is 0.0837. The number of hydrogen-bond donors (Lipinski definition) is 2. The summed E-state index contributed by atoms with van der Waals surface area (Å²) in [5, 5.41) is 6.54. The molecule has 0 saturated heterocycles. The highest BCUT2D eigenvalue weighted by Crippen LogP contribution is 2.51. The van der Waals surface area contributed by atoms with Gasteiger partial charge in [-0.3, -0.25) is 4.99 Å². The quantitative estimate of drug-likeness (QED) is 0.567. The first-order chi connectivity index (χ1) is 12.4. The topological polar surface area (TPSA) is 79.8 Å². The van der Waals surface area contributed by atoms with E-state index in [1.807, 2.05) is 0 Å². The third-order valence-corrected chi connectivity index (χ3v) is 6.68. The van der Waals surface area contributed by atoms with Crippen LogP contribution in [0.1, 0.15) is 38.3 Å². The fourth-order valence-corrected chi connectivity index (χ4v) is 4.29. The number of sulfone groups is 1. The maximum Gasteiger partial charge on any atom is 0.191 e. The molecule has 0 aromatic heterocycles. The number of nitrogens with zero attached hydrogens (tertiary/aromatic N) is 1. The maximum absolute atomic E-state index is 13.6. The minimum Gasteiger partial charge on any atom is -0.378 e. The Balaban J connectivity index is 2.06. The van der Waals surface area contributed by atoms with E-state index in [-0.39, 0.29) is 29.4 Å². The Morgan fingerprint density at radius 2 is 2.00 bits per heavy atom. The molecule has 8 heteroatoms. The molecule has 0 spiro atoms. The zero-order chi connectivity index (χ0) is 20.5. The van der Waals surface area contributed by atoms with Crippen LogP contribution < -0.4 is 10.6 Å². The number of benzene rings is 1. The maximum atomic E-state index is 13.6. The Kier molecular flexibility index (Phi) is 6.21. The third kappa shape index (κ3) is 4.79. The van der Waals surface area contributed by atoms with Gasteiger partial charge < -0.3 is 15.4 Å². The fraction of sp³-hybridized carbons (Fsp3) is 0.632. The Labute approximate surface area is 161 Å². The van der Waals surface area contributed by atoms with Crippen molar-refractivity contribution >= 4 is 15.8 Å². The van der Waals surface area contributed by atoms with E-state index >= 15 is 0 Å². The van der Waals surface area contributed by atoms with Gasteiger partial charge >= 0.3 is 0 Å². The lowest BCUT2D eigenvalue weighted by Gasteiger charge is -2.59.